The van der Waals surface area contributed by atoms with Gasteiger partial charge in [-0.2, -0.15) is 0 Å². The molecule has 0 aliphatic carbocycles. The summed E-state index contributed by atoms with van der Waals surface area (Å²) in [6, 6.07) is 0.358. The van der Waals surface area contributed by atoms with Crippen LogP contribution in [0.2, 0.25) is 0 Å². The largest absolute Gasteiger partial charge is 0.353 e. The molecule has 0 bridgehead atoms. The van der Waals surface area contributed by atoms with Gasteiger partial charge >= 0.3 is 0 Å². The first-order chi connectivity index (χ1) is 5.91. The number of carbonyl (C=O) groups is 1. The first-order valence-electron chi connectivity index (χ1n) is 5.22. The summed E-state index contributed by atoms with van der Waals surface area (Å²) in [7, 11) is 0. The van der Waals surface area contributed by atoms with E-state index in [1.54, 1.807) is 0 Å². The van der Waals surface area contributed by atoms with Crippen molar-refractivity contribution in [2.45, 2.75) is 59.9 Å². The molecule has 13 heavy (non-hydrogen) atoms. The van der Waals surface area contributed by atoms with Crippen LogP contribution in [0.3, 0.4) is 0 Å². The van der Waals surface area contributed by atoms with Crippen LogP contribution in [0.25, 0.3) is 0 Å². The van der Waals surface area contributed by atoms with Gasteiger partial charge < -0.3 is 5.32 Å². The van der Waals surface area contributed by atoms with Gasteiger partial charge in [0.05, 0.1) is 0 Å². The highest BCUT2D eigenvalue weighted by Gasteiger charge is 2.22. The van der Waals surface area contributed by atoms with E-state index < -0.39 is 0 Å². The van der Waals surface area contributed by atoms with E-state index in [1.807, 2.05) is 20.8 Å². The van der Waals surface area contributed by atoms with E-state index >= 15 is 0 Å². The fourth-order valence-corrected chi connectivity index (χ4v) is 1.13. The standard InChI is InChI=1S/C11H23NO/c1-6-8-9(7-2)12-10(13)11(3,4)5/h9H,6-8H2,1-5H3,(H,12,13). The predicted molar refractivity (Wildman–Crippen MR) is 56.6 cm³/mol. The van der Waals surface area contributed by atoms with Crippen molar-refractivity contribution in [2.24, 2.45) is 5.41 Å². The molecule has 0 radical (unpaired) electrons. The lowest BCUT2D eigenvalue weighted by molar-refractivity contribution is -0.129. The number of hydrogen-bond acceptors (Lipinski definition) is 1. The first-order valence-corrected chi connectivity index (χ1v) is 5.22. The SMILES string of the molecule is CCCC(CC)NC(=O)C(C)(C)C. The van der Waals surface area contributed by atoms with Gasteiger partial charge in [0.1, 0.15) is 0 Å². The van der Waals surface area contributed by atoms with Gasteiger partial charge in [0, 0.05) is 11.5 Å². The van der Waals surface area contributed by atoms with Crippen LogP contribution in [0.15, 0.2) is 0 Å². The van der Waals surface area contributed by atoms with E-state index in [1.165, 1.54) is 0 Å². The highest BCUT2D eigenvalue weighted by molar-refractivity contribution is 5.81. The Morgan fingerprint density at radius 1 is 1.31 bits per heavy atom. The Morgan fingerprint density at radius 2 is 1.85 bits per heavy atom. The molecule has 1 unspecified atom stereocenters. The van der Waals surface area contributed by atoms with Gasteiger partial charge in [0.2, 0.25) is 5.91 Å². The molecule has 0 rings (SSSR count). The van der Waals surface area contributed by atoms with Crippen LogP contribution in [0.5, 0.6) is 0 Å². The molecule has 0 spiro atoms. The van der Waals surface area contributed by atoms with Crippen LogP contribution in [-0.4, -0.2) is 11.9 Å². The minimum atomic E-state index is -0.263. The molecule has 0 aromatic rings. The van der Waals surface area contributed by atoms with E-state index in [9.17, 15) is 4.79 Å². The molecule has 78 valence electrons. The molecule has 0 aromatic heterocycles. The zero-order valence-corrected chi connectivity index (χ0v) is 9.61. The van der Waals surface area contributed by atoms with Gasteiger partial charge in [-0.15, -0.1) is 0 Å². The van der Waals surface area contributed by atoms with E-state index in [0.29, 0.717) is 6.04 Å². The van der Waals surface area contributed by atoms with E-state index in [4.69, 9.17) is 0 Å². The van der Waals surface area contributed by atoms with E-state index in [2.05, 4.69) is 19.2 Å². The fraction of sp³-hybridized carbons (Fsp3) is 0.909. The molecule has 0 fully saturated rings. The third-order valence-electron chi connectivity index (χ3n) is 2.15. The lowest BCUT2D eigenvalue weighted by Crippen LogP contribution is -2.41. The van der Waals surface area contributed by atoms with Gasteiger partial charge in [-0.3, -0.25) is 4.79 Å². The molecule has 2 nitrogen and oxygen atoms in total. The Morgan fingerprint density at radius 3 is 2.15 bits per heavy atom. The van der Waals surface area contributed by atoms with E-state index in [0.717, 1.165) is 19.3 Å². The Balaban J connectivity index is 4.01. The smallest absolute Gasteiger partial charge is 0.225 e. The fourth-order valence-electron chi connectivity index (χ4n) is 1.13. The molecule has 2 heteroatoms. The summed E-state index contributed by atoms with van der Waals surface area (Å²) in [5.41, 5.74) is -0.263. The van der Waals surface area contributed by atoms with Crippen molar-refractivity contribution < 1.29 is 4.79 Å². The van der Waals surface area contributed by atoms with Crippen molar-refractivity contribution in [1.29, 1.82) is 0 Å². The van der Waals surface area contributed by atoms with Crippen molar-refractivity contribution in [1.82, 2.24) is 5.32 Å². The predicted octanol–water partition coefficient (Wildman–Crippen LogP) is 2.73. The summed E-state index contributed by atoms with van der Waals surface area (Å²) in [5, 5.41) is 3.07. The van der Waals surface area contributed by atoms with Gasteiger partial charge in [0.15, 0.2) is 0 Å². The normalized spacial score (nSPS) is 13.9. The third-order valence-corrected chi connectivity index (χ3v) is 2.15. The average Bonchev–Trinajstić information content (AvgIpc) is 2.01. The molecule has 1 amide bonds. The van der Waals surface area contributed by atoms with Gasteiger partial charge in [-0.1, -0.05) is 41.0 Å². The molecule has 0 saturated heterocycles. The summed E-state index contributed by atoms with van der Waals surface area (Å²) in [5.74, 6) is 0.160. The second-order valence-corrected chi connectivity index (χ2v) is 4.62. The minimum absolute atomic E-state index is 0.160. The number of hydrogen-bond donors (Lipinski definition) is 1. The number of carbonyl (C=O) groups excluding carboxylic acids is 1. The van der Waals surface area contributed by atoms with Crippen molar-refractivity contribution in [2.75, 3.05) is 0 Å². The molecular formula is C11H23NO. The van der Waals surface area contributed by atoms with Crippen LogP contribution < -0.4 is 5.32 Å². The van der Waals surface area contributed by atoms with Crippen LogP contribution in [0, 0.1) is 5.41 Å². The maximum Gasteiger partial charge on any atom is 0.225 e. The van der Waals surface area contributed by atoms with Crippen molar-refractivity contribution >= 4 is 5.91 Å². The van der Waals surface area contributed by atoms with Crippen molar-refractivity contribution in [3.63, 3.8) is 0 Å². The zero-order valence-electron chi connectivity index (χ0n) is 9.61. The molecule has 0 heterocycles. The number of rotatable bonds is 4. The number of nitrogens with one attached hydrogen (secondary N) is 1. The highest BCUT2D eigenvalue weighted by Crippen LogP contribution is 2.14. The van der Waals surface area contributed by atoms with Crippen molar-refractivity contribution in [3.05, 3.63) is 0 Å². The summed E-state index contributed by atoms with van der Waals surface area (Å²) in [6.45, 7) is 10.1. The molecule has 0 aliphatic heterocycles. The van der Waals surface area contributed by atoms with Gasteiger partial charge in [0.25, 0.3) is 0 Å². The molecule has 0 aromatic carbocycles. The van der Waals surface area contributed by atoms with Crippen LogP contribution in [0.4, 0.5) is 0 Å². The summed E-state index contributed by atoms with van der Waals surface area (Å²) >= 11 is 0. The Kier molecular flexibility index (Phi) is 5.04. The number of amides is 1. The van der Waals surface area contributed by atoms with Crippen LogP contribution in [0.1, 0.15) is 53.9 Å². The maximum absolute atomic E-state index is 11.6. The Bertz CT molecular complexity index is 158. The van der Waals surface area contributed by atoms with Crippen molar-refractivity contribution in [3.8, 4) is 0 Å². The van der Waals surface area contributed by atoms with Gasteiger partial charge in [-0.05, 0) is 12.8 Å². The quantitative estimate of drug-likeness (QED) is 0.717. The highest BCUT2D eigenvalue weighted by atomic mass is 16.2. The lowest BCUT2D eigenvalue weighted by atomic mass is 9.94. The second-order valence-electron chi connectivity index (χ2n) is 4.62. The molecular weight excluding hydrogens is 162 g/mol. The summed E-state index contributed by atoms with van der Waals surface area (Å²) in [6.07, 6.45) is 3.23. The topological polar surface area (TPSA) is 29.1 Å². The molecule has 0 aliphatic rings. The Hall–Kier alpha value is -0.530. The summed E-state index contributed by atoms with van der Waals surface area (Å²) in [4.78, 5) is 11.6. The summed E-state index contributed by atoms with van der Waals surface area (Å²) < 4.78 is 0. The average molecular weight is 185 g/mol. The lowest BCUT2D eigenvalue weighted by Gasteiger charge is -2.23. The van der Waals surface area contributed by atoms with Crippen LogP contribution >= 0.6 is 0 Å². The first kappa shape index (κ1) is 12.5. The molecule has 1 N–H and O–H groups in total. The Labute approximate surface area is 82.1 Å². The van der Waals surface area contributed by atoms with E-state index in [-0.39, 0.29) is 11.3 Å². The minimum Gasteiger partial charge on any atom is -0.353 e. The molecule has 0 saturated carbocycles. The monoisotopic (exact) mass is 185 g/mol. The van der Waals surface area contributed by atoms with Gasteiger partial charge in [-0.25, -0.2) is 0 Å². The van der Waals surface area contributed by atoms with Crippen LogP contribution in [-0.2, 0) is 4.79 Å². The zero-order chi connectivity index (χ0) is 10.5. The second kappa shape index (κ2) is 5.25. The molecule has 1 atom stereocenters. The maximum atomic E-state index is 11.6. The third kappa shape index (κ3) is 4.91.